The van der Waals surface area contributed by atoms with Gasteiger partial charge in [-0.15, -0.1) is 46.4 Å². The van der Waals surface area contributed by atoms with Gasteiger partial charge in [-0.05, 0) is 279 Å². The van der Waals surface area contributed by atoms with Gasteiger partial charge in [-0.3, -0.25) is 19.6 Å². The molecule has 4 amide bonds. The van der Waals surface area contributed by atoms with Crippen LogP contribution < -0.4 is 33.2 Å². The number of rotatable bonds is 25. The predicted molar refractivity (Wildman–Crippen MR) is 540 cm³/mol. The first kappa shape index (κ1) is 97.5. The van der Waals surface area contributed by atoms with Crippen molar-refractivity contribution in [3.05, 3.63) is 347 Å². The summed E-state index contributed by atoms with van der Waals surface area (Å²) in [5.74, 6) is 6.00. The number of nitrogens with one attached hydrogen (secondary N) is 4. The molecule has 0 saturated carbocycles. The summed E-state index contributed by atoms with van der Waals surface area (Å²) in [4.78, 5) is 74.2. The molecule has 4 aliphatic rings. The number of benzene rings is 11. The number of H-pyrrole nitrogens is 4. The van der Waals surface area contributed by atoms with Gasteiger partial charge in [-0.25, -0.2) is 23.6 Å². The Bertz CT molecular complexity index is 6650. The molecule has 0 saturated heterocycles. The predicted octanol–water partition coefficient (Wildman–Crippen LogP) is 28.4. The molecule has 15 aromatic rings. The first-order valence-corrected chi connectivity index (χ1v) is 49.1. The Morgan fingerprint density at radius 1 is 0.346 bits per heavy atom. The third-order valence-corrected chi connectivity index (χ3v) is 26.5. The number of alkyl halides is 4. The van der Waals surface area contributed by atoms with E-state index in [-0.39, 0.29) is 42.2 Å². The molecule has 4 N–H and O–H groups in total. The molecule has 8 heterocycles. The molecule has 30 heteroatoms. The van der Waals surface area contributed by atoms with Crippen LogP contribution >= 0.6 is 104 Å². The lowest BCUT2D eigenvalue weighted by atomic mass is 9.92. The lowest BCUT2D eigenvalue weighted by Crippen LogP contribution is -2.42. The van der Waals surface area contributed by atoms with E-state index in [4.69, 9.17) is 142 Å². The highest BCUT2D eigenvalue weighted by Crippen LogP contribution is 2.46. The molecular formula is C106H98Cl9FN8O12. The summed E-state index contributed by atoms with van der Waals surface area (Å²) >= 11 is 54.3. The van der Waals surface area contributed by atoms with Crippen molar-refractivity contribution in [2.45, 2.75) is 102 Å². The fourth-order valence-electron chi connectivity index (χ4n) is 17.5. The number of fused-ring (bicyclic) bond motifs is 12. The number of ether oxygens (including phenoxy) is 8. The van der Waals surface area contributed by atoms with Crippen LogP contribution in [0.3, 0.4) is 0 Å². The van der Waals surface area contributed by atoms with Gasteiger partial charge in [-0.2, -0.15) is 0 Å². The first-order chi connectivity index (χ1) is 66.2. The van der Waals surface area contributed by atoms with Crippen LogP contribution in [0.25, 0.3) is 43.6 Å². The number of para-hydroxylation sites is 2. The Morgan fingerprint density at radius 2 is 0.625 bits per heavy atom. The zero-order valence-corrected chi connectivity index (χ0v) is 81.2. The van der Waals surface area contributed by atoms with Crippen LogP contribution in [0.4, 0.5) is 23.6 Å². The molecule has 11 aromatic carbocycles. The second-order valence-corrected chi connectivity index (χ2v) is 36.6. The van der Waals surface area contributed by atoms with Gasteiger partial charge in [0.1, 0.15) is 70.6 Å². The largest absolute Gasteiger partial charge is 0.494 e. The van der Waals surface area contributed by atoms with Crippen LogP contribution in [0.2, 0.25) is 25.1 Å². The van der Waals surface area contributed by atoms with Crippen molar-refractivity contribution >= 4 is 172 Å². The van der Waals surface area contributed by atoms with Gasteiger partial charge in [0.15, 0.2) is 5.75 Å². The van der Waals surface area contributed by atoms with E-state index in [0.29, 0.717) is 132 Å². The van der Waals surface area contributed by atoms with Gasteiger partial charge in [0.2, 0.25) is 0 Å². The number of aromatic nitrogens is 4. The van der Waals surface area contributed by atoms with Crippen LogP contribution in [0, 0.1) is 5.82 Å². The maximum Gasteiger partial charge on any atom is 0.416 e. The summed E-state index contributed by atoms with van der Waals surface area (Å²) in [6.07, 6.45) is 4.84. The molecule has 136 heavy (non-hydrogen) atoms. The van der Waals surface area contributed by atoms with Crippen molar-refractivity contribution in [2.75, 3.05) is 76.1 Å². The van der Waals surface area contributed by atoms with Crippen molar-refractivity contribution < 1.29 is 61.5 Å². The summed E-state index contributed by atoms with van der Waals surface area (Å²) in [5, 5.41) is 7.42. The normalized spacial score (nSPS) is 15.5. The molecule has 19 rings (SSSR count). The Kier molecular flexibility index (Phi) is 33.0. The lowest BCUT2D eigenvalue weighted by molar-refractivity contribution is 0.0579. The average Bonchev–Trinajstić information content (AvgIpc) is 1.61. The van der Waals surface area contributed by atoms with Crippen molar-refractivity contribution in [1.82, 2.24) is 39.5 Å². The number of nitrogens with zero attached hydrogens (tertiary/aromatic N) is 4. The van der Waals surface area contributed by atoms with E-state index in [1.54, 1.807) is 51.1 Å². The van der Waals surface area contributed by atoms with Crippen LogP contribution in [0.15, 0.2) is 249 Å². The summed E-state index contributed by atoms with van der Waals surface area (Å²) in [6.45, 7) is 8.18. The number of aromatic amines is 4. The molecular weight excluding hydrogens is 1920 g/mol. The van der Waals surface area contributed by atoms with E-state index in [0.717, 1.165) is 161 Å². The molecule has 4 aliphatic heterocycles. The quantitative estimate of drug-likeness (QED) is 0.0310. The monoisotopic (exact) mass is 2010 g/mol. The van der Waals surface area contributed by atoms with E-state index >= 15 is 0 Å². The number of carbonyl (C=O) groups excluding carboxylic acids is 4. The Balaban J connectivity index is 0.000000132. The number of halogens is 10. The lowest BCUT2D eigenvalue weighted by Gasteiger charge is -2.36. The van der Waals surface area contributed by atoms with Gasteiger partial charge < -0.3 is 57.8 Å². The minimum atomic E-state index is -0.508. The van der Waals surface area contributed by atoms with Crippen LogP contribution in [-0.4, -0.2) is 146 Å². The summed E-state index contributed by atoms with van der Waals surface area (Å²) in [5.41, 5.74) is 16.2. The van der Waals surface area contributed by atoms with Gasteiger partial charge in [0, 0.05) is 136 Å². The van der Waals surface area contributed by atoms with Crippen LogP contribution in [0.5, 0.6) is 40.2 Å². The van der Waals surface area contributed by atoms with Gasteiger partial charge in [0.05, 0.1) is 31.5 Å². The second-order valence-electron chi connectivity index (χ2n) is 33.0. The SMILES string of the molecule is CCC(C)OC(=O)N1CCc2c([nH]c3ccc(Cl)cc23)C1c1ccc(OCCCCl)cc1.O=C(Oc1ccc(F)cc1)N1CCc2c([nH]c3ccc(Cl)cc23)C1c1ccc(OCCCCl)cc1.O=C(Oc1ccccc1)N1CCc2c([nH]c3ccc(Cl)cc23)C1c1ccc(OCCCCl)cc1.O=C(Oc1ccccc1Cl)N1CCc2c([nH]c3ccc(Cl)cc23)C1c1ccc(OCCCCl)cc1. The minimum absolute atomic E-state index is 0.135. The van der Waals surface area contributed by atoms with Gasteiger partial charge in [0.25, 0.3) is 0 Å². The Labute approximate surface area is 832 Å². The Hall–Kier alpha value is -11.6. The molecule has 704 valence electrons. The Morgan fingerprint density at radius 3 is 0.926 bits per heavy atom. The number of amides is 4. The fourth-order valence-corrected chi connectivity index (χ4v) is 18.8. The average molecular weight is 2010 g/mol. The molecule has 0 fully saturated rings. The molecule has 20 nitrogen and oxygen atoms in total. The molecule has 4 aromatic heterocycles. The van der Waals surface area contributed by atoms with Crippen molar-refractivity contribution in [3.63, 3.8) is 0 Å². The first-order valence-electron chi connectivity index (χ1n) is 45.1. The molecule has 5 unspecified atom stereocenters. The second kappa shape index (κ2) is 46.0. The summed E-state index contributed by atoms with van der Waals surface area (Å²) < 4.78 is 59.1. The van der Waals surface area contributed by atoms with E-state index < -0.39 is 24.0 Å². The summed E-state index contributed by atoms with van der Waals surface area (Å²) in [6, 6.07) is 74.5. The highest BCUT2D eigenvalue weighted by molar-refractivity contribution is 6.33. The van der Waals surface area contributed by atoms with Crippen molar-refractivity contribution in [1.29, 1.82) is 0 Å². The third-order valence-electron chi connectivity index (χ3n) is 24.1. The van der Waals surface area contributed by atoms with E-state index in [1.165, 1.54) is 35.4 Å². The highest BCUT2D eigenvalue weighted by atomic mass is 35.5. The maximum atomic E-state index is 13.4. The topological polar surface area (TPSA) is 218 Å². The van der Waals surface area contributed by atoms with E-state index in [1.807, 2.05) is 207 Å². The van der Waals surface area contributed by atoms with Crippen molar-refractivity contribution in [2.24, 2.45) is 0 Å². The molecule has 0 radical (unpaired) electrons. The molecule has 5 atom stereocenters. The van der Waals surface area contributed by atoms with E-state index in [9.17, 15) is 23.6 Å². The van der Waals surface area contributed by atoms with Gasteiger partial charge >= 0.3 is 24.4 Å². The zero-order chi connectivity index (χ0) is 94.9. The molecule has 0 bridgehead atoms. The molecule has 0 spiro atoms. The van der Waals surface area contributed by atoms with Crippen LogP contribution in [-0.2, 0) is 30.4 Å². The standard InChI is InChI=1S/C27H23Cl3N2O3.C27H23Cl2FN2O3.C27H24Cl2N2O3.C25H28Cl2N2O3/c28-13-3-15-34-19-9-6-17(7-10-19)26-25-20(21-16-18(29)8-11-23(21)31-25)12-14-32(26)27(33)35-24-5-2-1-4-22(24)30;28-13-1-15-34-20-7-2-17(3-8-20)26-25-22(23-16-18(29)4-11-24(23)31-25)12-14-32(26)27(33)35-21-9-5-19(30)6-10-21;28-14-4-16-33-20-10-7-18(8-11-20)26-25-22(23-17-19(29)9-12-24(23)30-25)13-15-31(26)27(32)34-21-5-2-1-3-6-21;1-3-16(2)32-25(30)29-13-11-20-21-15-18(27)7-10-22(21)28-23(20)24(29)17-5-8-19(9-6-17)31-14-4-12-26/h1-2,4-11,16,26,31H,3,12-15H2;2-11,16,26,31H,1,12-15H2;1-3,5-12,17,26,30H,4,13-16H2;5-10,15-16,24,28H,3-4,11-14H2,1-2H3. The number of hydrogen-bond donors (Lipinski definition) is 4. The zero-order valence-electron chi connectivity index (χ0n) is 74.4. The minimum Gasteiger partial charge on any atom is -0.494 e. The number of carbonyl (C=O) groups is 4. The highest BCUT2D eigenvalue weighted by Gasteiger charge is 2.41. The maximum absolute atomic E-state index is 13.4. The fraction of sp³-hybridized carbons (Fsp3) is 0.264. The molecule has 0 aliphatic carbocycles. The summed E-state index contributed by atoms with van der Waals surface area (Å²) in [7, 11) is 0. The van der Waals surface area contributed by atoms with Crippen LogP contribution in [0.1, 0.15) is 137 Å². The van der Waals surface area contributed by atoms with Crippen molar-refractivity contribution in [3.8, 4) is 40.2 Å². The third kappa shape index (κ3) is 23.1. The number of hydrogen-bond acceptors (Lipinski definition) is 12. The van der Waals surface area contributed by atoms with E-state index in [2.05, 4.69) is 19.9 Å². The van der Waals surface area contributed by atoms with Gasteiger partial charge in [-0.1, -0.05) is 144 Å². The smallest absolute Gasteiger partial charge is 0.416 e.